The van der Waals surface area contributed by atoms with E-state index in [0.717, 1.165) is 32.2 Å². The van der Waals surface area contributed by atoms with Gasteiger partial charge in [0, 0.05) is 12.6 Å². The molecular weight excluding hydrogens is 174 g/mol. The predicted molar refractivity (Wildman–Crippen MR) is 62.5 cm³/mol. The molecule has 0 aromatic rings. The van der Waals surface area contributed by atoms with Gasteiger partial charge in [-0.3, -0.25) is 0 Å². The zero-order valence-corrected chi connectivity index (χ0v) is 10.5. The summed E-state index contributed by atoms with van der Waals surface area (Å²) >= 11 is 0. The molecule has 0 amide bonds. The van der Waals surface area contributed by atoms with E-state index >= 15 is 0 Å². The third-order valence-corrected chi connectivity index (χ3v) is 3.43. The lowest BCUT2D eigenvalue weighted by Gasteiger charge is -2.34. The van der Waals surface area contributed by atoms with Crippen LogP contribution in [-0.4, -0.2) is 35.2 Å². The van der Waals surface area contributed by atoms with Gasteiger partial charge in [0.2, 0.25) is 0 Å². The normalized spacial score (nSPS) is 12.9. The van der Waals surface area contributed by atoms with E-state index < -0.39 is 5.60 Å². The minimum absolute atomic E-state index is 0.489. The number of nitrogens with zero attached hydrogens (tertiary/aromatic N) is 1. The summed E-state index contributed by atoms with van der Waals surface area (Å²) in [7, 11) is 2.12. The van der Waals surface area contributed by atoms with Gasteiger partial charge in [0.1, 0.15) is 0 Å². The number of aliphatic hydroxyl groups is 1. The maximum absolute atomic E-state index is 10.2. The fourth-order valence-electron chi connectivity index (χ4n) is 1.98. The molecule has 0 aliphatic carbocycles. The van der Waals surface area contributed by atoms with E-state index in [-0.39, 0.29) is 0 Å². The van der Waals surface area contributed by atoms with Crippen molar-refractivity contribution in [3.8, 4) is 0 Å². The van der Waals surface area contributed by atoms with Crippen LogP contribution < -0.4 is 0 Å². The Hall–Kier alpha value is -0.0800. The second-order valence-electron chi connectivity index (χ2n) is 4.32. The molecule has 1 N–H and O–H groups in total. The molecule has 0 saturated heterocycles. The molecule has 0 aliphatic rings. The van der Waals surface area contributed by atoms with Crippen LogP contribution >= 0.6 is 0 Å². The van der Waals surface area contributed by atoms with Gasteiger partial charge in [-0.15, -0.1) is 0 Å². The van der Waals surface area contributed by atoms with Crippen molar-refractivity contribution in [3.05, 3.63) is 0 Å². The molecule has 0 unspecified atom stereocenters. The molecule has 0 aromatic carbocycles. The largest absolute Gasteiger partial charge is 0.389 e. The van der Waals surface area contributed by atoms with Crippen LogP contribution in [-0.2, 0) is 0 Å². The zero-order valence-electron chi connectivity index (χ0n) is 10.5. The number of hydrogen-bond acceptors (Lipinski definition) is 2. The van der Waals surface area contributed by atoms with Crippen molar-refractivity contribution in [1.29, 1.82) is 0 Å². The molecule has 0 aromatic heterocycles. The quantitative estimate of drug-likeness (QED) is 0.684. The highest BCUT2D eigenvalue weighted by atomic mass is 16.3. The molecule has 2 nitrogen and oxygen atoms in total. The SMILES string of the molecule is CCC(CC)N(C)CC(O)(CC)CC. The molecule has 0 rings (SSSR count). The van der Waals surface area contributed by atoms with E-state index in [1.807, 2.05) is 0 Å². The second kappa shape index (κ2) is 6.41. The summed E-state index contributed by atoms with van der Waals surface area (Å²) in [5.74, 6) is 0. The monoisotopic (exact) mass is 201 g/mol. The first-order chi connectivity index (χ1) is 6.52. The van der Waals surface area contributed by atoms with E-state index in [1.165, 1.54) is 0 Å². The Bertz CT molecular complexity index is 139. The Kier molecular flexibility index (Phi) is 6.38. The fourth-order valence-corrected chi connectivity index (χ4v) is 1.98. The van der Waals surface area contributed by atoms with Crippen LogP contribution in [0, 0.1) is 0 Å². The van der Waals surface area contributed by atoms with E-state index in [9.17, 15) is 5.11 Å². The molecule has 0 heterocycles. The maximum atomic E-state index is 10.2. The molecule has 0 atom stereocenters. The molecule has 2 heteroatoms. The summed E-state index contributed by atoms with van der Waals surface area (Å²) in [6.45, 7) is 9.34. The first kappa shape index (κ1) is 13.9. The molecule has 86 valence electrons. The number of rotatable bonds is 7. The third kappa shape index (κ3) is 3.97. The van der Waals surface area contributed by atoms with Gasteiger partial charge >= 0.3 is 0 Å². The predicted octanol–water partition coefficient (Wildman–Crippen LogP) is 2.66. The molecule has 0 fully saturated rings. The highest BCUT2D eigenvalue weighted by Gasteiger charge is 2.26. The number of likely N-dealkylation sites (N-methyl/N-ethyl adjacent to an activating group) is 1. The average molecular weight is 201 g/mol. The Morgan fingerprint density at radius 3 is 1.79 bits per heavy atom. The third-order valence-electron chi connectivity index (χ3n) is 3.43. The average Bonchev–Trinajstić information content (AvgIpc) is 2.19. The topological polar surface area (TPSA) is 23.5 Å². The van der Waals surface area contributed by atoms with Gasteiger partial charge in [-0.05, 0) is 32.7 Å². The summed E-state index contributed by atoms with van der Waals surface area (Å²) in [5.41, 5.74) is -0.489. The molecular formula is C12H27NO. The van der Waals surface area contributed by atoms with Crippen molar-refractivity contribution in [2.45, 2.75) is 65.0 Å². The van der Waals surface area contributed by atoms with Crippen LogP contribution in [0.25, 0.3) is 0 Å². The minimum atomic E-state index is -0.489. The second-order valence-corrected chi connectivity index (χ2v) is 4.32. The first-order valence-corrected chi connectivity index (χ1v) is 5.95. The van der Waals surface area contributed by atoms with E-state index in [0.29, 0.717) is 6.04 Å². The lowest BCUT2D eigenvalue weighted by Crippen LogP contribution is -2.44. The molecule has 0 radical (unpaired) electrons. The van der Waals surface area contributed by atoms with Crippen molar-refractivity contribution in [2.75, 3.05) is 13.6 Å². The van der Waals surface area contributed by atoms with Crippen molar-refractivity contribution >= 4 is 0 Å². The zero-order chi connectivity index (χ0) is 11.2. The molecule has 0 bridgehead atoms. The highest BCUT2D eigenvalue weighted by Crippen LogP contribution is 2.18. The summed E-state index contributed by atoms with van der Waals surface area (Å²) in [4.78, 5) is 2.30. The van der Waals surface area contributed by atoms with Crippen molar-refractivity contribution in [1.82, 2.24) is 4.90 Å². The van der Waals surface area contributed by atoms with Gasteiger partial charge in [-0.2, -0.15) is 0 Å². The summed E-state index contributed by atoms with van der Waals surface area (Å²) < 4.78 is 0. The fraction of sp³-hybridized carbons (Fsp3) is 1.00. The number of hydrogen-bond donors (Lipinski definition) is 1. The molecule has 0 aliphatic heterocycles. The van der Waals surface area contributed by atoms with Crippen LogP contribution in [0.1, 0.15) is 53.4 Å². The standard InChI is InChI=1S/C12H27NO/c1-6-11(7-2)13(5)10-12(14,8-3)9-4/h11,14H,6-10H2,1-5H3. The summed E-state index contributed by atoms with van der Waals surface area (Å²) in [6, 6.07) is 0.611. The van der Waals surface area contributed by atoms with Crippen LogP contribution in [0.15, 0.2) is 0 Å². The smallest absolute Gasteiger partial charge is 0.0768 e. The van der Waals surface area contributed by atoms with E-state index in [1.54, 1.807) is 0 Å². The van der Waals surface area contributed by atoms with Crippen LogP contribution in [0.4, 0.5) is 0 Å². The Balaban J connectivity index is 4.20. The van der Waals surface area contributed by atoms with Crippen molar-refractivity contribution in [2.24, 2.45) is 0 Å². The van der Waals surface area contributed by atoms with Gasteiger partial charge in [-0.1, -0.05) is 27.7 Å². The first-order valence-electron chi connectivity index (χ1n) is 5.95. The summed E-state index contributed by atoms with van der Waals surface area (Å²) in [6.07, 6.45) is 4.01. The lowest BCUT2D eigenvalue weighted by atomic mass is 9.96. The molecule has 14 heavy (non-hydrogen) atoms. The van der Waals surface area contributed by atoms with Gasteiger partial charge < -0.3 is 10.0 Å². The van der Waals surface area contributed by atoms with Gasteiger partial charge in [0.25, 0.3) is 0 Å². The lowest BCUT2D eigenvalue weighted by molar-refractivity contribution is -0.00786. The Morgan fingerprint density at radius 1 is 1.07 bits per heavy atom. The van der Waals surface area contributed by atoms with Gasteiger partial charge in [0.15, 0.2) is 0 Å². The van der Waals surface area contributed by atoms with E-state index in [2.05, 4.69) is 39.6 Å². The Labute approximate surface area is 89.3 Å². The maximum Gasteiger partial charge on any atom is 0.0768 e. The van der Waals surface area contributed by atoms with E-state index in [4.69, 9.17) is 0 Å². The van der Waals surface area contributed by atoms with Crippen LogP contribution in [0.5, 0.6) is 0 Å². The van der Waals surface area contributed by atoms with Gasteiger partial charge in [0.05, 0.1) is 5.60 Å². The minimum Gasteiger partial charge on any atom is -0.389 e. The van der Waals surface area contributed by atoms with Crippen molar-refractivity contribution in [3.63, 3.8) is 0 Å². The Morgan fingerprint density at radius 2 is 1.50 bits per heavy atom. The molecule has 0 saturated carbocycles. The van der Waals surface area contributed by atoms with Crippen LogP contribution in [0.3, 0.4) is 0 Å². The highest BCUT2D eigenvalue weighted by molar-refractivity contribution is 4.80. The van der Waals surface area contributed by atoms with Crippen molar-refractivity contribution < 1.29 is 5.11 Å². The summed E-state index contributed by atoms with van der Waals surface area (Å²) in [5, 5.41) is 10.2. The van der Waals surface area contributed by atoms with Gasteiger partial charge in [-0.25, -0.2) is 0 Å². The molecule has 0 spiro atoms. The van der Waals surface area contributed by atoms with Crippen LogP contribution in [0.2, 0.25) is 0 Å².